The third-order valence-corrected chi connectivity index (χ3v) is 6.38. The van der Waals surface area contributed by atoms with E-state index in [1.807, 2.05) is 13.0 Å². The van der Waals surface area contributed by atoms with Crippen molar-refractivity contribution in [2.24, 2.45) is 5.92 Å². The summed E-state index contributed by atoms with van der Waals surface area (Å²) in [6.07, 6.45) is 2.31. The van der Waals surface area contributed by atoms with E-state index < -0.39 is 11.8 Å². The van der Waals surface area contributed by atoms with E-state index >= 15 is 0 Å². The van der Waals surface area contributed by atoms with Gasteiger partial charge in [-0.3, -0.25) is 14.2 Å². The molecule has 2 N–H and O–H groups in total. The molecule has 32 heavy (non-hydrogen) atoms. The number of pyridine rings is 1. The molecule has 4 rings (SSSR count). The number of carbonyl (C=O) groups excluding carboxylic acids is 2. The van der Waals surface area contributed by atoms with Crippen molar-refractivity contribution in [3.63, 3.8) is 0 Å². The normalized spacial score (nSPS) is 15.6. The van der Waals surface area contributed by atoms with Crippen molar-refractivity contribution in [2.75, 3.05) is 25.0 Å². The molecule has 3 aromatic rings. The van der Waals surface area contributed by atoms with E-state index in [0.29, 0.717) is 30.2 Å². The van der Waals surface area contributed by atoms with Crippen LogP contribution in [0.3, 0.4) is 0 Å². The number of amides is 3. The van der Waals surface area contributed by atoms with Gasteiger partial charge < -0.3 is 15.5 Å². The third kappa shape index (κ3) is 4.88. The van der Waals surface area contributed by atoms with Crippen LogP contribution >= 0.6 is 11.3 Å². The molecule has 0 radical (unpaired) electrons. The molecule has 1 aromatic carbocycles. The van der Waals surface area contributed by atoms with Crippen LogP contribution in [0.25, 0.3) is 5.69 Å². The third-order valence-electron chi connectivity index (χ3n) is 5.38. The number of hydrogen-bond acceptors (Lipinski definition) is 4. The molecule has 7 nitrogen and oxygen atoms in total. The Morgan fingerprint density at radius 1 is 1.19 bits per heavy atom. The minimum atomic E-state index is -0.624. The van der Waals surface area contributed by atoms with Gasteiger partial charge in [0, 0.05) is 42.8 Å². The maximum absolute atomic E-state index is 14.6. The summed E-state index contributed by atoms with van der Waals surface area (Å²) >= 11 is 1.45. The Kier molecular flexibility index (Phi) is 6.36. The summed E-state index contributed by atoms with van der Waals surface area (Å²) < 4.78 is 15.9. The number of rotatable bonds is 5. The van der Waals surface area contributed by atoms with Crippen molar-refractivity contribution in [2.45, 2.75) is 13.3 Å². The van der Waals surface area contributed by atoms with Gasteiger partial charge >= 0.3 is 6.03 Å². The van der Waals surface area contributed by atoms with E-state index in [4.69, 9.17) is 0 Å². The number of urea groups is 1. The molecule has 1 unspecified atom stereocenters. The lowest BCUT2D eigenvalue weighted by atomic mass is 10.1. The summed E-state index contributed by atoms with van der Waals surface area (Å²) in [4.78, 5) is 40.1. The van der Waals surface area contributed by atoms with Gasteiger partial charge in [-0.25, -0.2) is 9.18 Å². The molecule has 2 aromatic heterocycles. The lowest BCUT2D eigenvalue weighted by Crippen LogP contribution is -2.35. The van der Waals surface area contributed by atoms with E-state index in [0.717, 1.165) is 11.3 Å². The molecule has 0 spiro atoms. The zero-order valence-corrected chi connectivity index (χ0v) is 18.3. The van der Waals surface area contributed by atoms with Gasteiger partial charge in [-0.1, -0.05) is 6.07 Å². The van der Waals surface area contributed by atoms with Crippen molar-refractivity contribution in [3.8, 4) is 5.69 Å². The van der Waals surface area contributed by atoms with Crippen LogP contribution in [0.1, 0.15) is 21.0 Å². The molecule has 0 aliphatic carbocycles. The fraction of sp³-hybridized carbons (Fsp3) is 0.261. The Hall–Kier alpha value is -3.46. The Bertz CT molecular complexity index is 1210. The van der Waals surface area contributed by atoms with Gasteiger partial charge in [0.2, 0.25) is 0 Å². The Morgan fingerprint density at radius 2 is 2.03 bits per heavy atom. The predicted molar refractivity (Wildman–Crippen MR) is 122 cm³/mol. The number of carbonyl (C=O) groups is 2. The number of hydrogen-bond donors (Lipinski definition) is 2. The SMILES string of the molecule is Cc1ccc(C(=O)NCC2CCN(C(=O)Nc3ccc(-n4ccccc4=O)cc3F)C2)s1. The fourth-order valence-corrected chi connectivity index (χ4v) is 4.44. The van der Waals surface area contributed by atoms with Crippen LogP contribution in [-0.4, -0.2) is 41.0 Å². The zero-order chi connectivity index (χ0) is 22.7. The summed E-state index contributed by atoms with van der Waals surface area (Å²) in [6.45, 7) is 3.44. The van der Waals surface area contributed by atoms with Gasteiger partial charge in [-0.2, -0.15) is 0 Å². The van der Waals surface area contributed by atoms with Crippen LogP contribution in [0.4, 0.5) is 14.9 Å². The number of nitrogens with zero attached hydrogens (tertiary/aromatic N) is 2. The van der Waals surface area contributed by atoms with E-state index in [2.05, 4.69) is 10.6 Å². The van der Waals surface area contributed by atoms with Crippen LogP contribution in [-0.2, 0) is 0 Å². The highest BCUT2D eigenvalue weighted by molar-refractivity contribution is 7.13. The van der Waals surface area contributed by atoms with E-state index in [1.165, 1.54) is 34.1 Å². The quantitative estimate of drug-likeness (QED) is 0.618. The number of benzene rings is 1. The Morgan fingerprint density at radius 3 is 2.75 bits per heavy atom. The molecule has 9 heteroatoms. The molecular weight excluding hydrogens is 431 g/mol. The first kappa shape index (κ1) is 21.8. The van der Waals surface area contributed by atoms with Crippen LogP contribution in [0, 0.1) is 18.7 Å². The molecular formula is C23H23FN4O3S. The molecule has 3 amide bonds. The smallest absolute Gasteiger partial charge is 0.321 e. The first-order valence-electron chi connectivity index (χ1n) is 10.3. The average Bonchev–Trinajstić information content (AvgIpc) is 3.43. The van der Waals surface area contributed by atoms with Gasteiger partial charge in [-0.15, -0.1) is 11.3 Å². The van der Waals surface area contributed by atoms with Crippen molar-refractivity contribution in [1.29, 1.82) is 0 Å². The maximum atomic E-state index is 14.6. The highest BCUT2D eigenvalue weighted by Crippen LogP contribution is 2.21. The van der Waals surface area contributed by atoms with Crippen molar-refractivity contribution < 1.29 is 14.0 Å². The highest BCUT2D eigenvalue weighted by Gasteiger charge is 2.27. The van der Waals surface area contributed by atoms with Crippen LogP contribution in [0.15, 0.2) is 59.5 Å². The summed E-state index contributed by atoms with van der Waals surface area (Å²) in [5.41, 5.74) is 0.157. The van der Waals surface area contributed by atoms with Crippen molar-refractivity contribution in [3.05, 3.63) is 80.7 Å². The molecule has 1 aliphatic rings. The van der Waals surface area contributed by atoms with Crippen molar-refractivity contribution in [1.82, 2.24) is 14.8 Å². The second-order valence-electron chi connectivity index (χ2n) is 7.72. The lowest BCUT2D eigenvalue weighted by molar-refractivity contribution is 0.0952. The number of thiophene rings is 1. The van der Waals surface area contributed by atoms with E-state index in [9.17, 15) is 18.8 Å². The van der Waals surface area contributed by atoms with Gasteiger partial charge in [-0.05, 0) is 49.6 Å². The largest absolute Gasteiger partial charge is 0.351 e. The zero-order valence-electron chi connectivity index (χ0n) is 17.5. The first-order chi connectivity index (χ1) is 15.4. The van der Waals surface area contributed by atoms with E-state index in [-0.39, 0.29) is 23.1 Å². The molecule has 1 atom stereocenters. The second kappa shape index (κ2) is 9.35. The van der Waals surface area contributed by atoms with Gasteiger partial charge in [0.1, 0.15) is 5.82 Å². The summed E-state index contributed by atoms with van der Waals surface area (Å²) in [5.74, 6) is -0.588. The van der Waals surface area contributed by atoms with Crippen molar-refractivity contribution >= 4 is 29.0 Å². The molecule has 1 saturated heterocycles. The number of likely N-dealkylation sites (tertiary alicyclic amines) is 1. The van der Waals surface area contributed by atoms with Crippen LogP contribution in [0.2, 0.25) is 0 Å². The molecule has 3 heterocycles. The molecule has 1 fully saturated rings. The maximum Gasteiger partial charge on any atom is 0.321 e. The lowest BCUT2D eigenvalue weighted by Gasteiger charge is -2.18. The Balaban J connectivity index is 1.32. The monoisotopic (exact) mass is 454 g/mol. The van der Waals surface area contributed by atoms with Gasteiger partial charge in [0.15, 0.2) is 0 Å². The predicted octanol–water partition coefficient (Wildman–Crippen LogP) is 3.63. The van der Waals surface area contributed by atoms with Gasteiger partial charge in [0.05, 0.1) is 16.3 Å². The molecule has 1 aliphatic heterocycles. The summed E-state index contributed by atoms with van der Waals surface area (Å²) in [5, 5.41) is 5.52. The van der Waals surface area contributed by atoms with Crippen LogP contribution in [0.5, 0.6) is 0 Å². The molecule has 0 saturated carbocycles. The Labute approximate surface area is 188 Å². The number of anilines is 1. The number of nitrogens with one attached hydrogen (secondary N) is 2. The number of aryl methyl sites for hydroxylation is 1. The average molecular weight is 455 g/mol. The summed E-state index contributed by atoms with van der Waals surface area (Å²) in [6, 6.07) is 12.2. The molecule has 166 valence electrons. The van der Waals surface area contributed by atoms with Crippen LogP contribution < -0.4 is 16.2 Å². The second-order valence-corrected chi connectivity index (χ2v) is 9.01. The minimum Gasteiger partial charge on any atom is -0.351 e. The fourth-order valence-electron chi connectivity index (χ4n) is 3.65. The number of halogens is 1. The van der Waals surface area contributed by atoms with Gasteiger partial charge in [0.25, 0.3) is 11.5 Å². The summed E-state index contributed by atoms with van der Waals surface area (Å²) in [7, 11) is 0. The minimum absolute atomic E-state index is 0.0487. The highest BCUT2D eigenvalue weighted by atomic mass is 32.1. The number of aromatic nitrogens is 1. The standard InChI is InChI=1S/C23H23FN4O3S/c1-15-5-8-20(32-15)22(30)25-13-16-9-11-27(14-16)23(31)26-19-7-6-17(12-18(19)24)28-10-3-2-4-21(28)29/h2-8,10,12,16H,9,11,13-14H2,1H3,(H,25,30)(H,26,31). The first-order valence-corrected chi connectivity index (χ1v) is 11.1. The van der Waals surface area contributed by atoms with E-state index in [1.54, 1.807) is 35.4 Å². The molecule has 0 bridgehead atoms. The topological polar surface area (TPSA) is 83.4 Å².